The fourth-order valence-corrected chi connectivity index (χ4v) is 1.09. The van der Waals surface area contributed by atoms with E-state index in [1.807, 2.05) is 26.4 Å². The summed E-state index contributed by atoms with van der Waals surface area (Å²) >= 11 is 0. The fourth-order valence-electron chi connectivity index (χ4n) is 1.09. The number of nitrogens with one attached hydrogen (secondary N) is 2. The maximum atomic E-state index is 11.4. The normalized spacial score (nSPS) is 10.0. The van der Waals surface area contributed by atoms with Gasteiger partial charge in [-0.25, -0.2) is 0 Å². The van der Waals surface area contributed by atoms with E-state index < -0.39 is 0 Å². The van der Waals surface area contributed by atoms with Crippen molar-refractivity contribution in [3.8, 4) is 0 Å². The van der Waals surface area contributed by atoms with Crippen molar-refractivity contribution in [3.63, 3.8) is 0 Å². The molecule has 0 saturated carbocycles. The summed E-state index contributed by atoms with van der Waals surface area (Å²) in [7, 11) is 3.71. The molecule has 0 bridgehead atoms. The highest BCUT2D eigenvalue weighted by Gasteiger charge is 2.06. The van der Waals surface area contributed by atoms with Crippen LogP contribution in [0.1, 0.15) is 10.5 Å². The summed E-state index contributed by atoms with van der Waals surface area (Å²) in [6.45, 7) is 1.44. The highest BCUT2D eigenvalue weighted by Crippen LogP contribution is 1.98. The third-order valence-corrected chi connectivity index (χ3v) is 1.84. The van der Waals surface area contributed by atoms with Gasteiger partial charge in [0.25, 0.3) is 5.91 Å². The second-order valence-electron chi connectivity index (χ2n) is 2.86. The van der Waals surface area contributed by atoms with Crippen molar-refractivity contribution in [1.82, 2.24) is 15.2 Å². The summed E-state index contributed by atoms with van der Waals surface area (Å²) in [5, 5.41) is 5.77. The number of nitrogens with zero attached hydrogens (tertiary/aromatic N) is 1. The van der Waals surface area contributed by atoms with E-state index in [2.05, 4.69) is 10.6 Å². The zero-order chi connectivity index (χ0) is 9.68. The molecule has 0 saturated heterocycles. The van der Waals surface area contributed by atoms with Crippen LogP contribution in [0, 0.1) is 0 Å². The minimum Gasteiger partial charge on any atom is -0.349 e. The van der Waals surface area contributed by atoms with Gasteiger partial charge in [0.1, 0.15) is 5.69 Å². The van der Waals surface area contributed by atoms with Gasteiger partial charge in [-0.15, -0.1) is 0 Å². The molecule has 2 N–H and O–H groups in total. The van der Waals surface area contributed by atoms with Gasteiger partial charge in [-0.2, -0.15) is 0 Å². The van der Waals surface area contributed by atoms with E-state index in [9.17, 15) is 4.79 Å². The highest BCUT2D eigenvalue weighted by atomic mass is 16.1. The second-order valence-corrected chi connectivity index (χ2v) is 2.86. The van der Waals surface area contributed by atoms with Crippen LogP contribution in [0.15, 0.2) is 18.3 Å². The molecule has 0 aliphatic carbocycles. The molecule has 0 aliphatic rings. The molecule has 72 valence electrons. The number of likely N-dealkylation sites (N-methyl/N-ethyl adjacent to an activating group) is 1. The summed E-state index contributed by atoms with van der Waals surface area (Å²) < 4.78 is 1.80. The number of carbonyl (C=O) groups is 1. The Bertz CT molecular complexity index is 280. The third kappa shape index (κ3) is 2.59. The number of rotatable bonds is 4. The smallest absolute Gasteiger partial charge is 0.267 e. The molecule has 13 heavy (non-hydrogen) atoms. The van der Waals surface area contributed by atoms with E-state index in [-0.39, 0.29) is 5.91 Å². The van der Waals surface area contributed by atoms with Crippen LogP contribution in [-0.2, 0) is 7.05 Å². The predicted molar refractivity (Wildman–Crippen MR) is 51.7 cm³/mol. The van der Waals surface area contributed by atoms with E-state index >= 15 is 0 Å². The van der Waals surface area contributed by atoms with Crippen LogP contribution in [0.25, 0.3) is 0 Å². The molecular weight excluding hydrogens is 166 g/mol. The highest BCUT2D eigenvalue weighted by molar-refractivity contribution is 5.92. The molecule has 0 radical (unpaired) electrons. The molecule has 0 unspecified atom stereocenters. The van der Waals surface area contributed by atoms with Crippen molar-refractivity contribution >= 4 is 5.91 Å². The lowest BCUT2D eigenvalue weighted by molar-refractivity contribution is 0.0946. The molecule has 0 fully saturated rings. The zero-order valence-electron chi connectivity index (χ0n) is 8.00. The Morgan fingerprint density at radius 3 is 2.85 bits per heavy atom. The molecule has 0 atom stereocenters. The quantitative estimate of drug-likeness (QED) is 0.641. The summed E-state index contributed by atoms with van der Waals surface area (Å²) in [6, 6.07) is 3.65. The minimum atomic E-state index is -0.0252. The maximum absolute atomic E-state index is 11.4. The number of aryl methyl sites for hydroxylation is 1. The van der Waals surface area contributed by atoms with Crippen LogP contribution in [0.3, 0.4) is 0 Å². The lowest BCUT2D eigenvalue weighted by Gasteiger charge is -2.04. The van der Waals surface area contributed by atoms with E-state index in [1.165, 1.54) is 0 Å². The molecule has 0 spiro atoms. The molecule has 0 aliphatic heterocycles. The van der Waals surface area contributed by atoms with E-state index in [1.54, 1.807) is 10.6 Å². The maximum Gasteiger partial charge on any atom is 0.267 e. The van der Waals surface area contributed by atoms with Crippen LogP contribution in [0.4, 0.5) is 0 Å². The Balaban J connectivity index is 2.45. The molecule has 1 amide bonds. The van der Waals surface area contributed by atoms with Gasteiger partial charge in [-0.1, -0.05) is 0 Å². The Labute approximate surface area is 77.9 Å². The molecule has 0 aromatic carbocycles. The van der Waals surface area contributed by atoms with Crippen molar-refractivity contribution in [2.45, 2.75) is 0 Å². The molecule has 1 aromatic heterocycles. The van der Waals surface area contributed by atoms with Crippen LogP contribution in [0.2, 0.25) is 0 Å². The Morgan fingerprint density at radius 2 is 2.31 bits per heavy atom. The number of amides is 1. The first-order valence-electron chi connectivity index (χ1n) is 4.30. The van der Waals surface area contributed by atoms with Crippen LogP contribution >= 0.6 is 0 Å². The van der Waals surface area contributed by atoms with E-state index in [0.29, 0.717) is 12.2 Å². The van der Waals surface area contributed by atoms with Crippen molar-refractivity contribution in [1.29, 1.82) is 0 Å². The van der Waals surface area contributed by atoms with Gasteiger partial charge < -0.3 is 15.2 Å². The monoisotopic (exact) mass is 181 g/mol. The molecule has 1 aromatic rings. The van der Waals surface area contributed by atoms with E-state index in [4.69, 9.17) is 0 Å². The van der Waals surface area contributed by atoms with Gasteiger partial charge in [0.15, 0.2) is 0 Å². The minimum absolute atomic E-state index is 0.0252. The number of hydrogen-bond acceptors (Lipinski definition) is 2. The van der Waals surface area contributed by atoms with E-state index in [0.717, 1.165) is 6.54 Å². The van der Waals surface area contributed by atoms with Gasteiger partial charge in [0.05, 0.1) is 0 Å². The zero-order valence-corrected chi connectivity index (χ0v) is 8.00. The van der Waals surface area contributed by atoms with Gasteiger partial charge in [-0.05, 0) is 19.2 Å². The largest absolute Gasteiger partial charge is 0.349 e. The summed E-state index contributed by atoms with van der Waals surface area (Å²) in [4.78, 5) is 11.4. The summed E-state index contributed by atoms with van der Waals surface area (Å²) in [6.07, 6.45) is 1.85. The van der Waals surface area contributed by atoms with Gasteiger partial charge in [0.2, 0.25) is 0 Å². The summed E-state index contributed by atoms with van der Waals surface area (Å²) in [5.74, 6) is -0.0252. The van der Waals surface area contributed by atoms with Crippen LogP contribution in [0.5, 0.6) is 0 Å². The standard InChI is InChI=1S/C9H15N3O/c1-10-5-6-11-9(13)8-4-3-7-12(8)2/h3-4,7,10H,5-6H2,1-2H3,(H,11,13). The molecule has 4 nitrogen and oxygen atoms in total. The average Bonchev–Trinajstić information content (AvgIpc) is 2.52. The molecule has 4 heteroatoms. The lowest BCUT2D eigenvalue weighted by atomic mass is 10.4. The van der Waals surface area contributed by atoms with Crippen molar-refractivity contribution in [3.05, 3.63) is 24.0 Å². The topological polar surface area (TPSA) is 46.1 Å². The molecule has 1 rings (SSSR count). The Hall–Kier alpha value is -1.29. The number of hydrogen-bond donors (Lipinski definition) is 2. The van der Waals surface area contributed by atoms with Gasteiger partial charge in [-0.3, -0.25) is 4.79 Å². The van der Waals surface area contributed by atoms with Crippen molar-refractivity contribution in [2.75, 3.05) is 20.1 Å². The Kier molecular flexibility index (Phi) is 3.52. The lowest BCUT2D eigenvalue weighted by Crippen LogP contribution is -2.31. The van der Waals surface area contributed by atoms with Crippen LogP contribution < -0.4 is 10.6 Å². The molecule has 1 heterocycles. The van der Waals surface area contributed by atoms with Crippen molar-refractivity contribution in [2.24, 2.45) is 7.05 Å². The van der Waals surface area contributed by atoms with Gasteiger partial charge >= 0.3 is 0 Å². The predicted octanol–water partition coefficient (Wildman–Crippen LogP) is -0.0257. The average molecular weight is 181 g/mol. The Morgan fingerprint density at radius 1 is 1.54 bits per heavy atom. The van der Waals surface area contributed by atoms with Gasteiger partial charge in [0, 0.05) is 26.3 Å². The fraction of sp³-hybridized carbons (Fsp3) is 0.444. The first-order chi connectivity index (χ1) is 6.25. The summed E-state index contributed by atoms with van der Waals surface area (Å²) in [5.41, 5.74) is 0.691. The number of carbonyl (C=O) groups excluding carboxylic acids is 1. The first kappa shape index (κ1) is 9.80. The number of aromatic nitrogens is 1. The van der Waals surface area contributed by atoms with Crippen LogP contribution in [-0.4, -0.2) is 30.6 Å². The third-order valence-electron chi connectivity index (χ3n) is 1.84. The molecular formula is C9H15N3O. The first-order valence-corrected chi connectivity index (χ1v) is 4.30. The SMILES string of the molecule is CNCCNC(=O)c1cccn1C. The second kappa shape index (κ2) is 4.67. The van der Waals surface area contributed by atoms with Crippen molar-refractivity contribution < 1.29 is 4.79 Å².